The molecular weight excluding hydrogens is 308 g/mol. The second-order valence-electron chi connectivity index (χ2n) is 4.62. The Morgan fingerprint density at radius 2 is 1.82 bits per heavy atom. The van der Waals surface area contributed by atoms with E-state index in [1.807, 2.05) is 6.92 Å². The Morgan fingerprint density at radius 3 is 2.32 bits per heavy atom. The Morgan fingerprint density at radius 1 is 1.23 bits per heavy atom. The zero-order valence-corrected chi connectivity index (χ0v) is 13.1. The van der Waals surface area contributed by atoms with Crippen LogP contribution < -0.4 is 10.0 Å². The van der Waals surface area contributed by atoms with E-state index in [0.717, 1.165) is 6.08 Å². The Labute approximate surface area is 129 Å². The van der Waals surface area contributed by atoms with Crippen LogP contribution in [-0.2, 0) is 19.6 Å². The summed E-state index contributed by atoms with van der Waals surface area (Å²) in [4.78, 5) is 21.8. The van der Waals surface area contributed by atoms with E-state index in [2.05, 4.69) is 10.0 Å². The Bertz CT molecular complexity index is 665. The van der Waals surface area contributed by atoms with Crippen LogP contribution in [0.1, 0.15) is 20.3 Å². The van der Waals surface area contributed by atoms with Gasteiger partial charge in [-0.1, -0.05) is 6.92 Å². The summed E-state index contributed by atoms with van der Waals surface area (Å²) in [6.45, 7) is 3.64. The van der Waals surface area contributed by atoms with E-state index in [1.54, 1.807) is 6.92 Å². The topological polar surface area (TPSA) is 113 Å². The third-order valence-electron chi connectivity index (χ3n) is 2.78. The van der Waals surface area contributed by atoms with E-state index >= 15 is 0 Å². The number of amides is 1. The van der Waals surface area contributed by atoms with Crippen molar-refractivity contribution in [3.05, 3.63) is 36.4 Å². The zero-order chi connectivity index (χ0) is 16.8. The molecule has 22 heavy (non-hydrogen) atoms. The van der Waals surface area contributed by atoms with Gasteiger partial charge in [-0.25, -0.2) is 17.9 Å². The van der Waals surface area contributed by atoms with E-state index in [9.17, 15) is 18.0 Å². The molecule has 0 bridgehead atoms. The second kappa shape index (κ2) is 7.71. The second-order valence-corrected chi connectivity index (χ2v) is 6.33. The molecule has 0 saturated carbocycles. The third kappa shape index (κ3) is 5.66. The van der Waals surface area contributed by atoms with Crippen molar-refractivity contribution in [2.24, 2.45) is 0 Å². The third-order valence-corrected chi connectivity index (χ3v) is 4.38. The average molecular weight is 326 g/mol. The van der Waals surface area contributed by atoms with Gasteiger partial charge in [0.2, 0.25) is 15.9 Å². The van der Waals surface area contributed by atoms with E-state index < -0.39 is 21.9 Å². The molecule has 3 N–H and O–H groups in total. The molecule has 8 heteroatoms. The van der Waals surface area contributed by atoms with Crippen LogP contribution in [0.3, 0.4) is 0 Å². The predicted octanol–water partition coefficient (Wildman–Crippen LogP) is 1.34. The number of hydrogen-bond acceptors (Lipinski definition) is 4. The molecule has 1 unspecified atom stereocenters. The van der Waals surface area contributed by atoms with Crippen LogP contribution in [0.4, 0.5) is 5.69 Å². The molecule has 1 atom stereocenters. The minimum absolute atomic E-state index is 0.0897. The highest BCUT2D eigenvalue weighted by molar-refractivity contribution is 7.89. The standard InChI is InChI=1S/C14H18N2O5S/c1-3-10(2)16-22(20,21)12-6-4-11(5-7-12)15-13(17)8-9-14(18)19/h4-10,16H,3H2,1-2H3,(H,15,17)(H,18,19)/b9-8+. The maximum Gasteiger partial charge on any atom is 0.328 e. The molecule has 0 aromatic heterocycles. The van der Waals surface area contributed by atoms with Crippen molar-refractivity contribution >= 4 is 27.6 Å². The normalized spacial score (nSPS) is 13.0. The molecule has 0 aliphatic heterocycles. The summed E-state index contributed by atoms with van der Waals surface area (Å²) in [5, 5.41) is 10.8. The van der Waals surface area contributed by atoms with Gasteiger partial charge in [-0.05, 0) is 37.6 Å². The van der Waals surface area contributed by atoms with Crippen molar-refractivity contribution in [2.45, 2.75) is 31.2 Å². The Hall–Kier alpha value is -2.19. The van der Waals surface area contributed by atoms with Gasteiger partial charge in [-0.3, -0.25) is 4.79 Å². The first kappa shape index (κ1) is 17.9. The molecule has 1 amide bonds. The number of carboxylic acid groups (broad SMARTS) is 1. The van der Waals surface area contributed by atoms with Crippen molar-refractivity contribution in [3.8, 4) is 0 Å². The molecule has 0 heterocycles. The Balaban J connectivity index is 2.78. The molecule has 0 aliphatic rings. The average Bonchev–Trinajstić information content (AvgIpc) is 2.45. The van der Waals surface area contributed by atoms with Gasteiger partial charge < -0.3 is 10.4 Å². The van der Waals surface area contributed by atoms with Gasteiger partial charge in [0.05, 0.1) is 4.90 Å². The van der Waals surface area contributed by atoms with E-state index in [1.165, 1.54) is 24.3 Å². The number of sulfonamides is 1. The van der Waals surface area contributed by atoms with Gasteiger partial charge in [0.15, 0.2) is 0 Å². The van der Waals surface area contributed by atoms with Crippen molar-refractivity contribution in [3.63, 3.8) is 0 Å². The molecular formula is C14H18N2O5S. The summed E-state index contributed by atoms with van der Waals surface area (Å²) in [5.41, 5.74) is 0.363. The molecule has 1 aromatic carbocycles. The lowest BCUT2D eigenvalue weighted by Gasteiger charge is -2.12. The minimum Gasteiger partial charge on any atom is -0.478 e. The highest BCUT2D eigenvalue weighted by Gasteiger charge is 2.16. The van der Waals surface area contributed by atoms with Gasteiger partial charge in [-0.15, -0.1) is 0 Å². The lowest BCUT2D eigenvalue weighted by atomic mass is 10.3. The van der Waals surface area contributed by atoms with E-state index in [0.29, 0.717) is 18.2 Å². The van der Waals surface area contributed by atoms with Gasteiger partial charge in [0, 0.05) is 23.9 Å². The summed E-state index contributed by atoms with van der Waals surface area (Å²) in [5.74, 6) is -1.84. The van der Waals surface area contributed by atoms with Crippen LogP contribution in [0.2, 0.25) is 0 Å². The largest absolute Gasteiger partial charge is 0.478 e. The van der Waals surface area contributed by atoms with E-state index in [4.69, 9.17) is 5.11 Å². The fourth-order valence-electron chi connectivity index (χ4n) is 1.46. The zero-order valence-electron chi connectivity index (χ0n) is 12.2. The van der Waals surface area contributed by atoms with Crippen LogP contribution >= 0.6 is 0 Å². The number of rotatable bonds is 7. The number of hydrogen-bond donors (Lipinski definition) is 3. The number of benzene rings is 1. The van der Waals surface area contributed by atoms with Crippen LogP contribution in [0.5, 0.6) is 0 Å². The summed E-state index contributed by atoms with van der Waals surface area (Å²) in [7, 11) is -3.59. The summed E-state index contributed by atoms with van der Waals surface area (Å²) >= 11 is 0. The van der Waals surface area contributed by atoms with Crippen LogP contribution in [0.15, 0.2) is 41.3 Å². The monoisotopic (exact) mass is 326 g/mol. The SMILES string of the molecule is CCC(C)NS(=O)(=O)c1ccc(NC(=O)/C=C/C(=O)O)cc1. The molecule has 1 rings (SSSR count). The van der Waals surface area contributed by atoms with Crippen molar-refractivity contribution < 1.29 is 23.1 Å². The molecule has 0 saturated heterocycles. The fourth-order valence-corrected chi connectivity index (χ4v) is 2.79. The number of carboxylic acids is 1. The lowest BCUT2D eigenvalue weighted by Crippen LogP contribution is -2.31. The quantitative estimate of drug-likeness (QED) is 0.655. The first-order valence-corrected chi connectivity index (χ1v) is 8.07. The van der Waals surface area contributed by atoms with Gasteiger partial charge in [0.1, 0.15) is 0 Å². The first-order chi connectivity index (χ1) is 10.2. The predicted molar refractivity (Wildman–Crippen MR) is 81.9 cm³/mol. The molecule has 1 aromatic rings. The molecule has 0 radical (unpaired) electrons. The van der Waals surface area contributed by atoms with Crippen molar-refractivity contribution in [2.75, 3.05) is 5.32 Å². The van der Waals surface area contributed by atoms with E-state index in [-0.39, 0.29) is 10.9 Å². The highest BCUT2D eigenvalue weighted by atomic mass is 32.2. The number of carbonyl (C=O) groups is 2. The maximum atomic E-state index is 12.0. The van der Waals surface area contributed by atoms with Gasteiger partial charge in [0.25, 0.3) is 0 Å². The van der Waals surface area contributed by atoms with Crippen LogP contribution in [0.25, 0.3) is 0 Å². The number of anilines is 1. The first-order valence-electron chi connectivity index (χ1n) is 6.59. The number of nitrogens with one attached hydrogen (secondary N) is 2. The lowest BCUT2D eigenvalue weighted by molar-refractivity contribution is -0.131. The summed E-state index contributed by atoms with van der Waals surface area (Å²) in [6.07, 6.45) is 2.25. The van der Waals surface area contributed by atoms with Gasteiger partial charge in [-0.2, -0.15) is 0 Å². The van der Waals surface area contributed by atoms with Crippen molar-refractivity contribution in [1.29, 1.82) is 0 Å². The number of carbonyl (C=O) groups excluding carboxylic acids is 1. The van der Waals surface area contributed by atoms with Crippen LogP contribution in [-0.4, -0.2) is 31.4 Å². The Kier molecular flexibility index (Phi) is 6.26. The highest BCUT2D eigenvalue weighted by Crippen LogP contribution is 2.14. The maximum absolute atomic E-state index is 12.0. The molecule has 0 spiro atoms. The molecule has 120 valence electrons. The summed E-state index contributed by atoms with van der Waals surface area (Å²) < 4.78 is 26.6. The minimum atomic E-state index is -3.59. The van der Waals surface area contributed by atoms with Crippen LogP contribution in [0, 0.1) is 0 Å². The van der Waals surface area contributed by atoms with Gasteiger partial charge >= 0.3 is 5.97 Å². The summed E-state index contributed by atoms with van der Waals surface area (Å²) in [6, 6.07) is 5.41. The van der Waals surface area contributed by atoms with Crippen molar-refractivity contribution in [1.82, 2.24) is 4.72 Å². The molecule has 0 aliphatic carbocycles. The molecule has 0 fully saturated rings. The fraction of sp³-hybridized carbons (Fsp3) is 0.286. The molecule has 7 nitrogen and oxygen atoms in total. The smallest absolute Gasteiger partial charge is 0.328 e. The number of aliphatic carboxylic acids is 1.